The molecule has 1 aromatic heterocycles. The van der Waals surface area contributed by atoms with Crippen LogP contribution >= 0.6 is 0 Å². The van der Waals surface area contributed by atoms with Gasteiger partial charge >= 0.3 is 5.69 Å². The molecule has 0 spiro atoms. The van der Waals surface area contributed by atoms with Crippen LogP contribution in [-0.2, 0) is 0 Å². The Balaban J connectivity index is 3.41. The molecule has 4 heteroatoms. The first-order valence-corrected chi connectivity index (χ1v) is 4.79. The van der Waals surface area contributed by atoms with E-state index in [4.69, 9.17) is 0 Å². The number of nitrogens with zero attached hydrogens (tertiary/aromatic N) is 1. The van der Waals surface area contributed by atoms with Crippen LogP contribution in [0.5, 0.6) is 0 Å². The van der Waals surface area contributed by atoms with Crippen LogP contribution in [0.3, 0.4) is 0 Å². The minimum Gasteiger partial charge on any atom is -0.311 e. The summed E-state index contributed by atoms with van der Waals surface area (Å²) in [7, 11) is 0. The molecule has 1 N–H and O–H groups in total. The van der Waals surface area contributed by atoms with Gasteiger partial charge in [0.2, 0.25) is 0 Å². The van der Waals surface area contributed by atoms with Gasteiger partial charge in [-0.05, 0) is 19.8 Å². The minimum atomic E-state index is -0.323. The van der Waals surface area contributed by atoms with Crippen LogP contribution in [0.1, 0.15) is 45.3 Å². The van der Waals surface area contributed by atoms with E-state index < -0.39 is 0 Å². The standard InChI is InChI=1S/C10H16N2O2/c1-6(2)8-5-9(13)12(7(3)4)10(14)11-8/h5-7H,1-4H3,(H,11,14). The average molecular weight is 196 g/mol. The largest absolute Gasteiger partial charge is 0.328 e. The van der Waals surface area contributed by atoms with Crippen LogP contribution in [0.2, 0.25) is 0 Å². The molecule has 0 aliphatic carbocycles. The summed E-state index contributed by atoms with van der Waals surface area (Å²) >= 11 is 0. The van der Waals surface area contributed by atoms with Crippen molar-refractivity contribution in [2.24, 2.45) is 0 Å². The highest BCUT2D eigenvalue weighted by Gasteiger charge is 2.08. The minimum absolute atomic E-state index is 0.104. The highest BCUT2D eigenvalue weighted by Crippen LogP contribution is 2.06. The van der Waals surface area contributed by atoms with Crippen LogP contribution in [0, 0.1) is 0 Å². The maximum Gasteiger partial charge on any atom is 0.328 e. The predicted octanol–water partition coefficient (Wildman–Crippen LogP) is 1.24. The second-order valence-corrected chi connectivity index (χ2v) is 3.99. The van der Waals surface area contributed by atoms with Gasteiger partial charge in [-0.2, -0.15) is 0 Å². The van der Waals surface area contributed by atoms with Gasteiger partial charge in [-0.3, -0.25) is 9.36 Å². The van der Waals surface area contributed by atoms with E-state index in [1.165, 1.54) is 10.6 Å². The molecule has 1 aromatic rings. The van der Waals surface area contributed by atoms with E-state index in [0.29, 0.717) is 5.69 Å². The SMILES string of the molecule is CC(C)c1cc(=O)n(C(C)C)c(=O)[nH]1. The molecule has 0 unspecified atom stereocenters. The van der Waals surface area contributed by atoms with Crippen molar-refractivity contribution in [2.75, 3.05) is 0 Å². The van der Waals surface area contributed by atoms with E-state index in [1.54, 1.807) is 0 Å². The monoisotopic (exact) mass is 196 g/mol. The van der Waals surface area contributed by atoms with Gasteiger partial charge in [0.1, 0.15) is 0 Å². The van der Waals surface area contributed by atoms with Gasteiger partial charge in [0, 0.05) is 17.8 Å². The normalized spacial score (nSPS) is 11.3. The Morgan fingerprint density at radius 2 is 1.79 bits per heavy atom. The maximum atomic E-state index is 11.5. The first-order valence-electron chi connectivity index (χ1n) is 4.79. The van der Waals surface area contributed by atoms with Gasteiger partial charge in [0.05, 0.1) is 0 Å². The van der Waals surface area contributed by atoms with Gasteiger partial charge in [0.15, 0.2) is 0 Å². The molecular formula is C10H16N2O2. The van der Waals surface area contributed by atoms with Crippen LogP contribution in [0.25, 0.3) is 0 Å². The molecule has 14 heavy (non-hydrogen) atoms. The molecule has 0 radical (unpaired) electrons. The molecule has 0 fully saturated rings. The summed E-state index contributed by atoms with van der Waals surface area (Å²) in [5, 5.41) is 0. The van der Waals surface area contributed by atoms with Gasteiger partial charge in [0.25, 0.3) is 5.56 Å². The Hall–Kier alpha value is -1.32. The molecule has 1 heterocycles. The molecule has 0 saturated carbocycles. The summed E-state index contributed by atoms with van der Waals surface area (Å²) in [4.78, 5) is 25.8. The third-order valence-corrected chi connectivity index (χ3v) is 2.12. The fourth-order valence-corrected chi connectivity index (χ4v) is 1.32. The molecule has 0 amide bonds. The number of aromatic amines is 1. The first kappa shape index (κ1) is 10.8. The number of aromatic nitrogens is 2. The molecule has 1 rings (SSSR count). The number of H-pyrrole nitrogens is 1. The molecule has 0 aliphatic rings. The van der Waals surface area contributed by atoms with Crippen LogP contribution < -0.4 is 11.2 Å². The van der Waals surface area contributed by atoms with Gasteiger partial charge in [-0.25, -0.2) is 4.79 Å². The molecule has 0 aromatic carbocycles. The molecule has 78 valence electrons. The number of rotatable bonds is 2. The lowest BCUT2D eigenvalue weighted by atomic mass is 10.1. The zero-order chi connectivity index (χ0) is 10.9. The molecule has 4 nitrogen and oxygen atoms in total. The Morgan fingerprint density at radius 3 is 2.14 bits per heavy atom. The maximum absolute atomic E-state index is 11.5. The highest BCUT2D eigenvalue weighted by molar-refractivity contribution is 5.04. The lowest BCUT2D eigenvalue weighted by Gasteiger charge is -2.10. The van der Waals surface area contributed by atoms with E-state index in [9.17, 15) is 9.59 Å². The highest BCUT2D eigenvalue weighted by atomic mass is 16.2. The second kappa shape index (κ2) is 3.82. The third kappa shape index (κ3) is 1.95. The van der Waals surface area contributed by atoms with E-state index in [0.717, 1.165) is 0 Å². The van der Waals surface area contributed by atoms with Crippen LogP contribution in [0.15, 0.2) is 15.7 Å². The van der Waals surface area contributed by atoms with Crippen molar-refractivity contribution in [1.82, 2.24) is 9.55 Å². The van der Waals surface area contributed by atoms with E-state index in [2.05, 4.69) is 4.98 Å². The Kier molecular flexibility index (Phi) is 2.93. The predicted molar refractivity (Wildman–Crippen MR) is 55.8 cm³/mol. The zero-order valence-corrected chi connectivity index (χ0v) is 9.00. The Bertz CT molecular complexity index is 395. The lowest BCUT2D eigenvalue weighted by Crippen LogP contribution is -2.36. The Morgan fingerprint density at radius 1 is 1.21 bits per heavy atom. The summed E-state index contributed by atoms with van der Waals surface area (Å²) in [5.41, 5.74) is 0.139. The van der Waals surface area contributed by atoms with Crippen molar-refractivity contribution in [3.05, 3.63) is 32.6 Å². The fourth-order valence-electron chi connectivity index (χ4n) is 1.32. The fraction of sp³-hybridized carbons (Fsp3) is 0.600. The average Bonchev–Trinajstić information content (AvgIpc) is 2.01. The molecule has 0 atom stereocenters. The Labute approximate surface area is 82.6 Å². The summed E-state index contributed by atoms with van der Waals surface area (Å²) in [6.45, 7) is 7.49. The molecule has 0 aliphatic heterocycles. The summed E-state index contributed by atoms with van der Waals surface area (Å²) in [6, 6.07) is 1.39. The lowest BCUT2D eigenvalue weighted by molar-refractivity contribution is 0.539. The number of hydrogen-bond donors (Lipinski definition) is 1. The quantitative estimate of drug-likeness (QED) is 0.773. The van der Waals surface area contributed by atoms with Crippen molar-refractivity contribution in [1.29, 1.82) is 0 Å². The van der Waals surface area contributed by atoms with Gasteiger partial charge < -0.3 is 4.98 Å². The summed E-state index contributed by atoms with van der Waals surface area (Å²) in [6.07, 6.45) is 0. The van der Waals surface area contributed by atoms with Gasteiger partial charge in [-0.1, -0.05) is 13.8 Å². The van der Waals surface area contributed by atoms with Crippen molar-refractivity contribution in [2.45, 2.75) is 39.7 Å². The van der Waals surface area contributed by atoms with Crippen LogP contribution in [-0.4, -0.2) is 9.55 Å². The van der Waals surface area contributed by atoms with Crippen molar-refractivity contribution in [3.63, 3.8) is 0 Å². The first-order chi connectivity index (χ1) is 6.43. The van der Waals surface area contributed by atoms with Gasteiger partial charge in [-0.15, -0.1) is 0 Å². The number of hydrogen-bond acceptors (Lipinski definition) is 2. The number of nitrogens with one attached hydrogen (secondary N) is 1. The van der Waals surface area contributed by atoms with E-state index in [-0.39, 0.29) is 23.2 Å². The third-order valence-electron chi connectivity index (χ3n) is 2.12. The van der Waals surface area contributed by atoms with Crippen molar-refractivity contribution >= 4 is 0 Å². The topological polar surface area (TPSA) is 54.9 Å². The van der Waals surface area contributed by atoms with Crippen LogP contribution in [0.4, 0.5) is 0 Å². The zero-order valence-electron chi connectivity index (χ0n) is 9.00. The molecule has 0 bridgehead atoms. The van der Waals surface area contributed by atoms with Crippen molar-refractivity contribution < 1.29 is 0 Å². The smallest absolute Gasteiger partial charge is 0.311 e. The van der Waals surface area contributed by atoms with E-state index in [1.807, 2.05) is 27.7 Å². The molecular weight excluding hydrogens is 180 g/mol. The second-order valence-electron chi connectivity index (χ2n) is 3.99. The van der Waals surface area contributed by atoms with E-state index >= 15 is 0 Å². The summed E-state index contributed by atoms with van der Waals surface area (Å²) < 4.78 is 1.21. The molecule has 0 saturated heterocycles. The van der Waals surface area contributed by atoms with Crippen molar-refractivity contribution in [3.8, 4) is 0 Å². The summed E-state index contributed by atoms with van der Waals surface area (Å²) in [5.74, 6) is 0.164.